The molecule has 0 saturated carbocycles. The second-order valence-electron chi connectivity index (χ2n) is 8.11. The number of anilines is 2. The molecule has 2 aromatic carbocycles. The van der Waals surface area contributed by atoms with Gasteiger partial charge < -0.3 is 20.1 Å². The van der Waals surface area contributed by atoms with Crippen LogP contribution in [0.15, 0.2) is 36.4 Å². The van der Waals surface area contributed by atoms with E-state index in [0.29, 0.717) is 23.7 Å². The summed E-state index contributed by atoms with van der Waals surface area (Å²) in [6.45, 7) is 5.91. The minimum Gasteiger partial charge on any atom is -0.493 e. The van der Waals surface area contributed by atoms with Gasteiger partial charge in [-0.2, -0.15) is 5.10 Å². The average molecular weight is 449 g/mol. The van der Waals surface area contributed by atoms with Gasteiger partial charge in [0.25, 0.3) is 5.91 Å². The summed E-state index contributed by atoms with van der Waals surface area (Å²) < 4.78 is 12.4. The number of carbonyl (C=O) groups is 2. The Hall–Kier alpha value is -3.81. The van der Waals surface area contributed by atoms with Crippen LogP contribution in [0.1, 0.15) is 36.2 Å². The number of aryl methyl sites for hydroxylation is 3. The molecule has 1 aromatic heterocycles. The number of amides is 2. The summed E-state index contributed by atoms with van der Waals surface area (Å²) in [6, 6.07) is 10.8. The van der Waals surface area contributed by atoms with Crippen molar-refractivity contribution in [1.29, 1.82) is 0 Å². The molecule has 33 heavy (non-hydrogen) atoms. The molecule has 1 unspecified atom stereocenters. The fourth-order valence-electron chi connectivity index (χ4n) is 4.11. The Balaban J connectivity index is 1.64. The topological polar surface area (TPSA) is 94.5 Å². The van der Waals surface area contributed by atoms with Gasteiger partial charge in [-0.25, -0.2) is 4.68 Å². The van der Waals surface area contributed by atoms with Crippen molar-refractivity contribution in [2.75, 3.05) is 24.9 Å². The van der Waals surface area contributed by atoms with Gasteiger partial charge in [0.15, 0.2) is 11.5 Å². The molecule has 172 valence electrons. The second kappa shape index (κ2) is 8.97. The van der Waals surface area contributed by atoms with E-state index in [2.05, 4.69) is 15.7 Å². The Morgan fingerprint density at radius 3 is 2.58 bits per heavy atom. The minimum absolute atomic E-state index is 0.0115. The summed E-state index contributed by atoms with van der Waals surface area (Å²) in [5, 5.41) is 10.6. The molecule has 8 nitrogen and oxygen atoms in total. The first-order valence-electron chi connectivity index (χ1n) is 10.9. The smallest absolute Gasteiger partial charge is 0.251 e. The van der Waals surface area contributed by atoms with Gasteiger partial charge in [0.1, 0.15) is 11.9 Å². The third kappa shape index (κ3) is 4.16. The number of carbonyl (C=O) groups excluding carboxylic acids is 2. The lowest BCUT2D eigenvalue weighted by Gasteiger charge is -2.12. The Morgan fingerprint density at radius 2 is 1.88 bits per heavy atom. The molecule has 0 bridgehead atoms. The van der Waals surface area contributed by atoms with Crippen molar-refractivity contribution >= 4 is 23.3 Å². The highest BCUT2D eigenvalue weighted by Crippen LogP contribution is 2.41. The molecular formula is C25H28N4O4. The van der Waals surface area contributed by atoms with E-state index in [-0.39, 0.29) is 18.2 Å². The van der Waals surface area contributed by atoms with E-state index in [1.54, 1.807) is 18.9 Å². The molecule has 3 aromatic rings. The van der Waals surface area contributed by atoms with E-state index < -0.39 is 6.04 Å². The van der Waals surface area contributed by atoms with Crippen LogP contribution in [0.2, 0.25) is 0 Å². The van der Waals surface area contributed by atoms with Gasteiger partial charge in [0, 0.05) is 11.3 Å². The van der Waals surface area contributed by atoms with Crippen LogP contribution in [0, 0.1) is 13.8 Å². The zero-order valence-electron chi connectivity index (χ0n) is 19.5. The lowest BCUT2D eigenvalue weighted by molar-refractivity contribution is -0.123. The van der Waals surface area contributed by atoms with E-state index in [9.17, 15) is 9.59 Å². The van der Waals surface area contributed by atoms with Crippen LogP contribution in [-0.2, 0) is 16.0 Å². The maximum absolute atomic E-state index is 12.8. The number of hydrogen-bond donors (Lipinski definition) is 2. The van der Waals surface area contributed by atoms with E-state index in [1.165, 1.54) is 0 Å². The van der Waals surface area contributed by atoms with Crippen LogP contribution in [-0.4, -0.2) is 35.8 Å². The van der Waals surface area contributed by atoms with Crippen molar-refractivity contribution in [3.63, 3.8) is 0 Å². The number of ether oxygens (including phenoxy) is 2. The summed E-state index contributed by atoms with van der Waals surface area (Å²) in [5.74, 6) is 1.31. The SMILES string of the molecule is CCc1nn2c(c1-c1ccc(OC)c(OC)c1)NC(=O)C2CC(=O)Nc1cc(C)ccc1C. The summed E-state index contributed by atoms with van der Waals surface area (Å²) in [5.41, 5.74) is 5.27. The van der Waals surface area contributed by atoms with Crippen molar-refractivity contribution in [2.24, 2.45) is 0 Å². The Labute approximate surface area is 192 Å². The maximum atomic E-state index is 12.8. The van der Waals surface area contributed by atoms with Crippen molar-refractivity contribution in [2.45, 2.75) is 39.7 Å². The van der Waals surface area contributed by atoms with Crippen LogP contribution in [0.4, 0.5) is 11.5 Å². The Kier molecular flexibility index (Phi) is 6.09. The van der Waals surface area contributed by atoms with Gasteiger partial charge in [-0.3, -0.25) is 9.59 Å². The summed E-state index contributed by atoms with van der Waals surface area (Å²) in [6.07, 6.45) is 0.656. The number of nitrogens with one attached hydrogen (secondary N) is 2. The molecule has 1 aliphatic rings. The number of fused-ring (bicyclic) bond motifs is 1. The molecule has 1 aliphatic heterocycles. The Bertz CT molecular complexity index is 1230. The summed E-state index contributed by atoms with van der Waals surface area (Å²) in [4.78, 5) is 25.6. The highest BCUT2D eigenvalue weighted by Gasteiger charge is 2.37. The van der Waals surface area contributed by atoms with Crippen molar-refractivity contribution in [3.05, 3.63) is 53.2 Å². The number of benzene rings is 2. The first kappa shape index (κ1) is 22.4. The lowest BCUT2D eigenvalue weighted by Crippen LogP contribution is -2.24. The van der Waals surface area contributed by atoms with E-state index in [0.717, 1.165) is 33.6 Å². The monoisotopic (exact) mass is 448 g/mol. The fourth-order valence-corrected chi connectivity index (χ4v) is 4.11. The molecule has 2 heterocycles. The number of hydrogen-bond acceptors (Lipinski definition) is 5. The predicted octanol–water partition coefficient (Wildman–Crippen LogP) is 4.27. The standard InChI is InChI=1S/C25H28N4O4/c1-6-17-23(16-9-10-20(32-4)21(12-16)33-5)24-27-25(31)19(29(24)28-17)13-22(30)26-18-11-14(2)7-8-15(18)3/h7-12,19H,6,13H2,1-5H3,(H,26,30)(H,27,31). The van der Waals surface area contributed by atoms with Crippen molar-refractivity contribution in [3.8, 4) is 22.6 Å². The molecule has 1 atom stereocenters. The minimum atomic E-state index is -0.718. The van der Waals surface area contributed by atoms with Gasteiger partial charge in [-0.05, 0) is 55.2 Å². The zero-order valence-corrected chi connectivity index (χ0v) is 19.5. The number of rotatable bonds is 7. The number of methoxy groups -OCH3 is 2. The molecule has 8 heteroatoms. The van der Waals surface area contributed by atoms with Gasteiger partial charge >= 0.3 is 0 Å². The molecule has 2 amide bonds. The Morgan fingerprint density at radius 1 is 1.12 bits per heavy atom. The molecule has 4 rings (SSSR count). The molecular weight excluding hydrogens is 420 g/mol. The van der Waals surface area contributed by atoms with Crippen LogP contribution in [0.3, 0.4) is 0 Å². The lowest BCUT2D eigenvalue weighted by atomic mass is 10.0. The molecule has 0 radical (unpaired) electrons. The highest BCUT2D eigenvalue weighted by molar-refractivity contribution is 6.04. The first-order chi connectivity index (χ1) is 15.9. The average Bonchev–Trinajstić information content (AvgIpc) is 3.30. The van der Waals surface area contributed by atoms with Gasteiger partial charge in [-0.15, -0.1) is 0 Å². The van der Waals surface area contributed by atoms with Crippen LogP contribution in [0.5, 0.6) is 11.5 Å². The fraction of sp³-hybridized carbons (Fsp3) is 0.320. The van der Waals surface area contributed by atoms with E-state index in [1.807, 2.05) is 57.2 Å². The van der Waals surface area contributed by atoms with Crippen LogP contribution < -0.4 is 20.1 Å². The number of nitrogens with zero attached hydrogens (tertiary/aromatic N) is 2. The zero-order chi connectivity index (χ0) is 23.7. The third-order valence-electron chi connectivity index (χ3n) is 5.88. The van der Waals surface area contributed by atoms with Crippen LogP contribution >= 0.6 is 0 Å². The third-order valence-corrected chi connectivity index (χ3v) is 5.88. The quantitative estimate of drug-likeness (QED) is 0.563. The second-order valence-corrected chi connectivity index (χ2v) is 8.11. The summed E-state index contributed by atoms with van der Waals surface area (Å²) in [7, 11) is 3.16. The number of aromatic nitrogens is 2. The predicted molar refractivity (Wildman–Crippen MR) is 127 cm³/mol. The summed E-state index contributed by atoms with van der Waals surface area (Å²) >= 11 is 0. The molecule has 0 saturated heterocycles. The van der Waals surface area contributed by atoms with E-state index in [4.69, 9.17) is 9.47 Å². The van der Waals surface area contributed by atoms with E-state index >= 15 is 0 Å². The maximum Gasteiger partial charge on any atom is 0.251 e. The normalized spacial score (nSPS) is 14.6. The van der Waals surface area contributed by atoms with Gasteiger partial charge in [-0.1, -0.05) is 25.1 Å². The molecule has 0 spiro atoms. The van der Waals surface area contributed by atoms with Gasteiger partial charge in [0.05, 0.1) is 26.3 Å². The largest absolute Gasteiger partial charge is 0.493 e. The molecule has 0 fully saturated rings. The van der Waals surface area contributed by atoms with Gasteiger partial charge in [0.2, 0.25) is 5.91 Å². The highest BCUT2D eigenvalue weighted by atomic mass is 16.5. The van der Waals surface area contributed by atoms with Crippen molar-refractivity contribution in [1.82, 2.24) is 9.78 Å². The molecule has 0 aliphatic carbocycles. The van der Waals surface area contributed by atoms with Crippen LogP contribution in [0.25, 0.3) is 11.1 Å². The van der Waals surface area contributed by atoms with Crippen molar-refractivity contribution < 1.29 is 19.1 Å². The molecule has 2 N–H and O–H groups in total. The first-order valence-corrected chi connectivity index (χ1v) is 10.9.